The molecule has 6 heteroatoms. The molecule has 1 heterocycles. The van der Waals surface area contributed by atoms with Crippen LogP contribution in [0.15, 0.2) is 10.7 Å². The van der Waals surface area contributed by atoms with Crippen molar-refractivity contribution in [3.8, 4) is 6.07 Å². The van der Waals surface area contributed by atoms with E-state index in [-0.39, 0.29) is 20.8 Å². The molecule has 2 nitrogen and oxygen atoms in total. The van der Waals surface area contributed by atoms with Gasteiger partial charge in [0.15, 0.2) is 0 Å². The molecule has 0 saturated heterocycles. The van der Waals surface area contributed by atoms with Gasteiger partial charge >= 0.3 is 0 Å². The molecule has 0 aliphatic heterocycles. The van der Waals surface area contributed by atoms with Crippen molar-refractivity contribution in [1.82, 2.24) is 4.98 Å². The van der Waals surface area contributed by atoms with E-state index in [1.165, 1.54) is 0 Å². The first-order valence-corrected chi connectivity index (χ1v) is 4.27. The molecule has 0 fully saturated rings. The Kier molecular flexibility index (Phi) is 3.17. The first kappa shape index (κ1) is 10.4. The predicted octanol–water partition coefficient (Wildman–Crippen LogP) is 3.31. The number of nitriles is 1. The summed E-state index contributed by atoms with van der Waals surface area (Å²) in [6.45, 7) is 0. The zero-order valence-corrected chi connectivity index (χ0v) is 8.40. The summed E-state index contributed by atoms with van der Waals surface area (Å²) < 4.78 is 24.5. The Morgan fingerprint density at radius 2 is 2.23 bits per heavy atom. The molecular weight excluding hydrogens is 265 g/mol. The monoisotopic (exact) mass is 266 g/mol. The molecule has 0 atom stereocenters. The third kappa shape index (κ3) is 1.95. The summed E-state index contributed by atoms with van der Waals surface area (Å²) in [6, 6.07) is 1.68. The van der Waals surface area contributed by atoms with Crippen LogP contribution in [0.3, 0.4) is 0 Å². The molecule has 0 unspecified atom stereocenters. The van der Waals surface area contributed by atoms with E-state index in [4.69, 9.17) is 16.9 Å². The van der Waals surface area contributed by atoms with E-state index < -0.39 is 6.43 Å². The summed E-state index contributed by atoms with van der Waals surface area (Å²) in [4.78, 5) is 3.46. The van der Waals surface area contributed by atoms with Gasteiger partial charge in [0.2, 0.25) is 0 Å². The molecule has 0 aromatic carbocycles. The van der Waals surface area contributed by atoms with Crippen LogP contribution in [0.4, 0.5) is 8.78 Å². The minimum absolute atomic E-state index is 0.00463. The van der Waals surface area contributed by atoms with Crippen LogP contribution in [-0.4, -0.2) is 4.98 Å². The average molecular weight is 267 g/mol. The van der Waals surface area contributed by atoms with Crippen LogP contribution in [0.25, 0.3) is 0 Å². The van der Waals surface area contributed by atoms with Gasteiger partial charge in [-0.3, -0.25) is 0 Å². The smallest absolute Gasteiger partial charge is 0.243 e. The van der Waals surface area contributed by atoms with E-state index in [2.05, 4.69) is 20.9 Å². The fourth-order valence-electron chi connectivity index (χ4n) is 0.730. The van der Waals surface area contributed by atoms with Crippen molar-refractivity contribution in [3.63, 3.8) is 0 Å². The highest BCUT2D eigenvalue weighted by molar-refractivity contribution is 9.10. The number of aromatic nitrogens is 1. The summed E-state index contributed by atoms with van der Waals surface area (Å²) in [5, 5.41) is 8.47. The van der Waals surface area contributed by atoms with Crippen LogP contribution in [0.5, 0.6) is 0 Å². The number of pyridine rings is 1. The maximum atomic E-state index is 12.3. The second-order valence-electron chi connectivity index (χ2n) is 2.11. The van der Waals surface area contributed by atoms with E-state index in [1.807, 2.05) is 0 Å². The zero-order chi connectivity index (χ0) is 10.0. The topological polar surface area (TPSA) is 36.7 Å². The van der Waals surface area contributed by atoms with Crippen molar-refractivity contribution in [2.45, 2.75) is 6.43 Å². The van der Waals surface area contributed by atoms with E-state index in [9.17, 15) is 8.78 Å². The Hall–Kier alpha value is -0.730. The Morgan fingerprint density at radius 1 is 1.62 bits per heavy atom. The number of hydrogen-bond acceptors (Lipinski definition) is 2. The van der Waals surface area contributed by atoms with Gasteiger partial charge in [0, 0.05) is 10.7 Å². The first-order valence-electron chi connectivity index (χ1n) is 3.10. The van der Waals surface area contributed by atoms with E-state index in [0.717, 1.165) is 6.20 Å². The third-order valence-electron chi connectivity index (χ3n) is 1.34. The lowest BCUT2D eigenvalue weighted by atomic mass is 10.2. The van der Waals surface area contributed by atoms with Gasteiger partial charge in [0.1, 0.15) is 16.8 Å². The second-order valence-corrected chi connectivity index (χ2v) is 3.26. The van der Waals surface area contributed by atoms with Crippen molar-refractivity contribution in [2.75, 3.05) is 0 Å². The Morgan fingerprint density at radius 3 is 2.69 bits per heavy atom. The number of rotatable bonds is 1. The lowest BCUT2D eigenvalue weighted by molar-refractivity contribution is 0.150. The maximum absolute atomic E-state index is 12.3. The van der Waals surface area contributed by atoms with Gasteiger partial charge in [0.25, 0.3) is 6.43 Å². The van der Waals surface area contributed by atoms with Crippen molar-refractivity contribution in [1.29, 1.82) is 5.26 Å². The minimum atomic E-state index is -2.67. The molecule has 1 rings (SSSR count). The van der Waals surface area contributed by atoms with Gasteiger partial charge in [-0.15, -0.1) is 0 Å². The summed E-state index contributed by atoms with van der Waals surface area (Å²) in [7, 11) is 0. The highest BCUT2D eigenvalue weighted by atomic mass is 79.9. The highest BCUT2D eigenvalue weighted by Gasteiger charge is 2.17. The quantitative estimate of drug-likeness (QED) is 0.732. The predicted molar refractivity (Wildman–Crippen MR) is 46.6 cm³/mol. The normalized spacial score (nSPS) is 10.2. The minimum Gasteiger partial charge on any atom is -0.243 e. The maximum Gasteiger partial charge on any atom is 0.266 e. The van der Waals surface area contributed by atoms with Crippen molar-refractivity contribution < 1.29 is 8.78 Å². The zero-order valence-electron chi connectivity index (χ0n) is 6.06. The SMILES string of the molecule is N#Cc1c(Cl)ncc(C(F)F)c1Br. The summed E-state index contributed by atoms with van der Waals surface area (Å²) in [5.74, 6) is 0. The fraction of sp³-hybridized carbons (Fsp3) is 0.143. The van der Waals surface area contributed by atoms with Crippen molar-refractivity contribution in [3.05, 3.63) is 26.9 Å². The van der Waals surface area contributed by atoms with Crippen LogP contribution in [0.2, 0.25) is 5.15 Å². The molecule has 0 saturated carbocycles. The van der Waals surface area contributed by atoms with Crippen LogP contribution < -0.4 is 0 Å². The molecule has 1 aromatic rings. The molecule has 0 radical (unpaired) electrons. The summed E-state index contributed by atoms with van der Waals surface area (Å²) in [6.07, 6.45) is -1.73. The number of hydrogen-bond donors (Lipinski definition) is 0. The van der Waals surface area contributed by atoms with E-state index >= 15 is 0 Å². The lowest BCUT2D eigenvalue weighted by Gasteiger charge is -2.04. The molecule has 1 aromatic heterocycles. The van der Waals surface area contributed by atoms with E-state index in [1.54, 1.807) is 6.07 Å². The fourth-order valence-corrected chi connectivity index (χ4v) is 1.58. The molecular formula is C7H2BrClF2N2. The lowest BCUT2D eigenvalue weighted by Crippen LogP contribution is -1.93. The molecule has 68 valence electrons. The Balaban J connectivity index is 3.38. The summed E-state index contributed by atoms with van der Waals surface area (Å²) in [5.41, 5.74) is -0.402. The molecule has 0 N–H and O–H groups in total. The van der Waals surface area contributed by atoms with Gasteiger partial charge in [0.05, 0.1) is 5.56 Å². The second kappa shape index (κ2) is 3.99. The van der Waals surface area contributed by atoms with Gasteiger partial charge < -0.3 is 0 Å². The molecule has 0 aliphatic carbocycles. The summed E-state index contributed by atoms with van der Waals surface area (Å²) >= 11 is 8.36. The average Bonchev–Trinajstić information content (AvgIpc) is 2.04. The number of alkyl halides is 2. The molecule has 13 heavy (non-hydrogen) atoms. The Bertz CT molecular complexity index is 375. The van der Waals surface area contributed by atoms with Crippen LogP contribution >= 0.6 is 27.5 Å². The standard InChI is InChI=1S/C7H2BrClF2N2/c8-5-3(1-12)6(9)13-2-4(5)7(10)11/h2,7H. The van der Waals surface area contributed by atoms with Crippen LogP contribution in [0, 0.1) is 11.3 Å². The van der Waals surface area contributed by atoms with Gasteiger partial charge in [-0.05, 0) is 15.9 Å². The van der Waals surface area contributed by atoms with Gasteiger partial charge in [-0.2, -0.15) is 5.26 Å². The van der Waals surface area contributed by atoms with Gasteiger partial charge in [-0.1, -0.05) is 11.6 Å². The number of halogens is 4. The van der Waals surface area contributed by atoms with Gasteiger partial charge in [-0.25, -0.2) is 13.8 Å². The van der Waals surface area contributed by atoms with Crippen LogP contribution in [0.1, 0.15) is 17.6 Å². The van der Waals surface area contributed by atoms with Crippen molar-refractivity contribution in [2.24, 2.45) is 0 Å². The molecule has 0 amide bonds. The largest absolute Gasteiger partial charge is 0.266 e. The first-order chi connectivity index (χ1) is 6.07. The highest BCUT2D eigenvalue weighted by Crippen LogP contribution is 2.31. The molecule has 0 aliphatic rings. The molecule has 0 bridgehead atoms. The number of nitrogens with zero attached hydrogens (tertiary/aromatic N) is 2. The van der Waals surface area contributed by atoms with Crippen molar-refractivity contribution >= 4 is 27.5 Å². The van der Waals surface area contributed by atoms with Crippen LogP contribution in [-0.2, 0) is 0 Å². The Labute approximate surface area is 86.3 Å². The third-order valence-corrected chi connectivity index (χ3v) is 2.48. The molecule has 0 spiro atoms. The van der Waals surface area contributed by atoms with E-state index in [0.29, 0.717) is 0 Å².